The Kier molecular flexibility index (Phi) is 3.98. The van der Waals surface area contributed by atoms with Gasteiger partial charge in [-0.2, -0.15) is 0 Å². The van der Waals surface area contributed by atoms with Gasteiger partial charge in [0, 0.05) is 6.04 Å². The Morgan fingerprint density at radius 3 is 2.38 bits per heavy atom. The van der Waals surface area contributed by atoms with Crippen LogP contribution in [0.3, 0.4) is 0 Å². The van der Waals surface area contributed by atoms with E-state index in [4.69, 9.17) is 10.5 Å². The predicted octanol–water partition coefficient (Wildman–Crippen LogP) is 3.02. The van der Waals surface area contributed by atoms with Crippen molar-refractivity contribution in [3.63, 3.8) is 0 Å². The Balaban J connectivity index is 2.84. The zero-order chi connectivity index (χ0) is 12.3. The third kappa shape index (κ3) is 3.53. The van der Waals surface area contributed by atoms with E-state index in [1.165, 1.54) is 11.1 Å². The second-order valence-corrected chi connectivity index (χ2v) is 5.52. The molecule has 0 heterocycles. The molecule has 0 radical (unpaired) electrons. The Morgan fingerprint density at radius 2 is 1.94 bits per heavy atom. The number of hydrogen-bond donors (Lipinski definition) is 1. The van der Waals surface area contributed by atoms with Crippen molar-refractivity contribution in [2.24, 2.45) is 5.73 Å². The van der Waals surface area contributed by atoms with E-state index in [9.17, 15) is 0 Å². The lowest BCUT2D eigenvalue weighted by Gasteiger charge is -2.21. The highest BCUT2D eigenvalue weighted by molar-refractivity contribution is 5.38. The molecule has 0 aliphatic rings. The highest BCUT2D eigenvalue weighted by atomic mass is 16.5. The fraction of sp³-hybridized carbons (Fsp3) is 0.571. The molecule has 0 saturated heterocycles. The fourth-order valence-electron chi connectivity index (χ4n) is 1.50. The van der Waals surface area contributed by atoms with Crippen molar-refractivity contribution in [3.8, 4) is 5.75 Å². The van der Waals surface area contributed by atoms with Gasteiger partial charge in [-0.3, -0.25) is 0 Å². The van der Waals surface area contributed by atoms with Crippen LogP contribution < -0.4 is 10.5 Å². The van der Waals surface area contributed by atoms with E-state index in [0.717, 1.165) is 5.75 Å². The van der Waals surface area contributed by atoms with E-state index < -0.39 is 0 Å². The van der Waals surface area contributed by atoms with Gasteiger partial charge in [0.2, 0.25) is 0 Å². The lowest BCUT2D eigenvalue weighted by atomic mass is 9.86. The van der Waals surface area contributed by atoms with Crippen LogP contribution in [-0.4, -0.2) is 12.6 Å². The standard InChI is InChI=1S/C14H23NO/c1-10-8-12(14(3,4)5)6-7-13(10)16-9-11(2)15/h6-8,11H,9,15H2,1-5H3. The zero-order valence-corrected chi connectivity index (χ0v) is 11.0. The summed E-state index contributed by atoms with van der Waals surface area (Å²) in [6.07, 6.45) is 0. The summed E-state index contributed by atoms with van der Waals surface area (Å²) < 4.78 is 5.64. The maximum absolute atomic E-state index is 5.66. The van der Waals surface area contributed by atoms with Gasteiger partial charge >= 0.3 is 0 Å². The number of hydrogen-bond acceptors (Lipinski definition) is 2. The van der Waals surface area contributed by atoms with Crippen LogP contribution in [0.2, 0.25) is 0 Å². The number of aryl methyl sites for hydroxylation is 1. The first-order valence-corrected chi connectivity index (χ1v) is 5.80. The molecule has 2 nitrogen and oxygen atoms in total. The molecule has 1 aromatic rings. The monoisotopic (exact) mass is 221 g/mol. The van der Waals surface area contributed by atoms with E-state index in [-0.39, 0.29) is 11.5 Å². The molecule has 1 aromatic carbocycles. The van der Waals surface area contributed by atoms with Gasteiger partial charge in [0.05, 0.1) is 0 Å². The molecule has 0 bridgehead atoms. The minimum absolute atomic E-state index is 0.0710. The van der Waals surface area contributed by atoms with E-state index >= 15 is 0 Å². The second-order valence-electron chi connectivity index (χ2n) is 5.52. The van der Waals surface area contributed by atoms with E-state index in [2.05, 4.69) is 39.8 Å². The molecule has 0 aliphatic carbocycles. The molecule has 0 spiro atoms. The fourth-order valence-corrected chi connectivity index (χ4v) is 1.50. The third-order valence-electron chi connectivity index (χ3n) is 2.54. The molecular formula is C14H23NO. The van der Waals surface area contributed by atoms with Crippen molar-refractivity contribution in [2.45, 2.75) is 46.1 Å². The Labute approximate surface area is 98.8 Å². The quantitative estimate of drug-likeness (QED) is 0.851. The summed E-state index contributed by atoms with van der Waals surface area (Å²) in [6.45, 7) is 11.2. The average Bonchev–Trinajstić information content (AvgIpc) is 2.14. The molecule has 2 N–H and O–H groups in total. The molecule has 1 atom stereocenters. The maximum atomic E-state index is 5.66. The molecule has 0 aromatic heterocycles. The second kappa shape index (κ2) is 4.88. The van der Waals surface area contributed by atoms with Crippen molar-refractivity contribution in [1.82, 2.24) is 0 Å². The van der Waals surface area contributed by atoms with Crippen LogP contribution in [0.15, 0.2) is 18.2 Å². The van der Waals surface area contributed by atoms with Crippen LogP contribution in [0, 0.1) is 6.92 Å². The lowest BCUT2D eigenvalue weighted by molar-refractivity contribution is 0.294. The van der Waals surface area contributed by atoms with Crippen LogP contribution in [0.25, 0.3) is 0 Å². The molecule has 1 rings (SSSR count). The van der Waals surface area contributed by atoms with Crippen LogP contribution in [0.1, 0.15) is 38.8 Å². The molecule has 0 amide bonds. The highest BCUT2D eigenvalue weighted by Gasteiger charge is 2.14. The van der Waals surface area contributed by atoms with Gasteiger partial charge in [0.15, 0.2) is 0 Å². The van der Waals surface area contributed by atoms with Crippen molar-refractivity contribution < 1.29 is 4.74 Å². The van der Waals surface area contributed by atoms with Gasteiger partial charge in [0.1, 0.15) is 12.4 Å². The topological polar surface area (TPSA) is 35.2 Å². The molecule has 0 fully saturated rings. The molecule has 90 valence electrons. The van der Waals surface area contributed by atoms with Crippen molar-refractivity contribution in [2.75, 3.05) is 6.61 Å². The molecule has 2 heteroatoms. The number of ether oxygens (including phenoxy) is 1. The van der Waals surface area contributed by atoms with Crippen LogP contribution in [0.5, 0.6) is 5.75 Å². The Hall–Kier alpha value is -1.02. The number of benzene rings is 1. The van der Waals surface area contributed by atoms with Gasteiger partial charge in [-0.25, -0.2) is 0 Å². The SMILES string of the molecule is Cc1cc(C(C)(C)C)ccc1OCC(C)N. The summed E-state index contributed by atoms with van der Waals surface area (Å²) in [5.41, 5.74) is 8.36. The Morgan fingerprint density at radius 1 is 1.31 bits per heavy atom. The summed E-state index contributed by atoms with van der Waals surface area (Å²) in [5, 5.41) is 0. The average molecular weight is 221 g/mol. The van der Waals surface area contributed by atoms with Gasteiger partial charge < -0.3 is 10.5 Å². The van der Waals surface area contributed by atoms with Crippen LogP contribution >= 0.6 is 0 Å². The van der Waals surface area contributed by atoms with Gasteiger partial charge in [-0.1, -0.05) is 32.9 Å². The molecule has 0 saturated carbocycles. The van der Waals surface area contributed by atoms with Crippen LogP contribution in [0.4, 0.5) is 0 Å². The summed E-state index contributed by atoms with van der Waals surface area (Å²) in [5.74, 6) is 0.935. The number of rotatable bonds is 3. The first-order chi connectivity index (χ1) is 7.30. The van der Waals surface area contributed by atoms with Crippen molar-refractivity contribution >= 4 is 0 Å². The summed E-state index contributed by atoms with van der Waals surface area (Å²) >= 11 is 0. The minimum atomic E-state index is 0.0710. The smallest absolute Gasteiger partial charge is 0.122 e. The zero-order valence-electron chi connectivity index (χ0n) is 11.0. The summed E-state index contributed by atoms with van der Waals surface area (Å²) in [6, 6.07) is 6.43. The minimum Gasteiger partial charge on any atom is -0.492 e. The first kappa shape index (κ1) is 13.0. The van der Waals surface area contributed by atoms with Crippen LogP contribution in [-0.2, 0) is 5.41 Å². The predicted molar refractivity (Wildman–Crippen MR) is 69.0 cm³/mol. The normalized spacial score (nSPS) is 13.6. The van der Waals surface area contributed by atoms with Crippen molar-refractivity contribution in [3.05, 3.63) is 29.3 Å². The van der Waals surface area contributed by atoms with Gasteiger partial charge in [0.25, 0.3) is 0 Å². The molecule has 1 unspecified atom stereocenters. The summed E-state index contributed by atoms with van der Waals surface area (Å²) in [4.78, 5) is 0. The third-order valence-corrected chi connectivity index (χ3v) is 2.54. The molecule has 0 aliphatic heterocycles. The lowest BCUT2D eigenvalue weighted by Crippen LogP contribution is -2.23. The van der Waals surface area contributed by atoms with E-state index in [1.54, 1.807) is 0 Å². The van der Waals surface area contributed by atoms with E-state index in [1.807, 2.05) is 13.0 Å². The first-order valence-electron chi connectivity index (χ1n) is 5.80. The summed E-state index contributed by atoms with van der Waals surface area (Å²) in [7, 11) is 0. The van der Waals surface area contributed by atoms with Crippen molar-refractivity contribution in [1.29, 1.82) is 0 Å². The Bertz CT molecular complexity index is 350. The maximum Gasteiger partial charge on any atom is 0.122 e. The highest BCUT2D eigenvalue weighted by Crippen LogP contribution is 2.27. The largest absolute Gasteiger partial charge is 0.492 e. The molecule has 16 heavy (non-hydrogen) atoms. The number of nitrogens with two attached hydrogens (primary N) is 1. The molecular weight excluding hydrogens is 198 g/mol. The van der Waals surface area contributed by atoms with Gasteiger partial charge in [-0.15, -0.1) is 0 Å². The van der Waals surface area contributed by atoms with Gasteiger partial charge in [-0.05, 0) is 36.5 Å². The van der Waals surface area contributed by atoms with E-state index in [0.29, 0.717) is 6.61 Å².